The average molecular weight is 492 g/mol. The number of carbonyl (C=O) groups excluding carboxylic acids is 1. The number of carbonyl (C=O) groups is 1. The van der Waals surface area contributed by atoms with E-state index < -0.39 is 12.2 Å². The summed E-state index contributed by atoms with van der Waals surface area (Å²) in [4.78, 5) is 22.9. The minimum Gasteiger partial charge on any atom is -0.328 e. The second kappa shape index (κ2) is 9.42. The lowest BCUT2D eigenvalue weighted by Gasteiger charge is -2.25. The van der Waals surface area contributed by atoms with Crippen LogP contribution in [0.15, 0.2) is 42.6 Å². The SMILES string of the molecule is O=C1NC=C1c1cccc(-n2nc(C(F)F)nc2Nc2ccc3c(c2)CCC(N2CCCC2)CC3)n1. The first kappa shape index (κ1) is 22.8. The molecular formula is C26H27F2N7O. The fourth-order valence-electron chi connectivity index (χ4n) is 5.32. The van der Waals surface area contributed by atoms with Gasteiger partial charge in [-0.2, -0.15) is 9.67 Å². The highest BCUT2D eigenvalue weighted by atomic mass is 19.3. The Morgan fingerprint density at radius 1 is 1.03 bits per heavy atom. The minimum atomic E-state index is -2.83. The number of rotatable bonds is 6. The van der Waals surface area contributed by atoms with Gasteiger partial charge in [0.05, 0.1) is 11.3 Å². The molecule has 6 rings (SSSR count). The first-order chi connectivity index (χ1) is 17.5. The maximum atomic E-state index is 13.5. The summed E-state index contributed by atoms with van der Waals surface area (Å²) in [5, 5.41) is 9.72. The third-order valence-electron chi connectivity index (χ3n) is 7.25. The van der Waals surface area contributed by atoms with Crippen LogP contribution in [0.2, 0.25) is 0 Å². The molecule has 1 saturated heterocycles. The first-order valence-electron chi connectivity index (χ1n) is 12.4. The number of nitrogens with one attached hydrogen (secondary N) is 2. The number of hydrogen-bond donors (Lipinski definition) is 2. The molecule has 8 nitrogen and oxygen atoms in total. The largest absolute Gasteiger partial charge is 0.328 e. The van der Waals surface area contributed by atoms with Crippen molar-refractivity contribution in [3.05, 3.63) is 65.2 Å². The Balaban J connectivity index is 1.27. The molecule has 0 radical (unpaired) electrons. The Kier molecular flexibility index (Phi) is 5.96. The number of nitrogens with zero attached hydrogens (tertiary/aromatic N) is 5. The van der Waals surface area contributed by atoms with Gasteiger partial charge in [-0.1, -0.05) is 12.1 Å². The van der Waals surface area contributed by atoms with Crippen molar-refractivity contribution in [3.63, 3.8) is 0 Å². The third kappa shape index (κ3) is 4.37. The standard InChI is InChI=1S/C26H27F2N7O/c27-23(28)24-32-26(35(33-24)22-5-3-4-21(31-22)20-15-29-25(20)36)30-18-9-6-16-7-10-19(11-8-17(16)14-18)34-12-1-2-13-34/h3-6,9,14-15,19,23H,1-2,7-8,10-13H2,(H,29,36)(H,30,32,33). The molecule has 1 fully saturated rings. The summed E-state index contributed by atoms with van der Waals surface area (Å²) in [5.41, 5.74) is 4.26. The van der Waals surface area contributed by atoms with E-state index in [0.29, 0.717) is 23.1 Å². The van der Waals surface area contributed by atoms with Gasteiger partial charge in [0.2, 0.25) is 11.8 Å². The molecule has 2 aromatic heterocycles. The van der Waals surface area contributed by atoms with Gasteiger partial charge in [0.25, 0.3) is 12.3 Å². The lowest BCUT2D eigenvalue weighted by Crippen LogP contribution is -2.32. The van der Waals surface area contributed by atoms with E-state index in [2.05, 4.69) is 42.7 Å². The van der Waals surface area contributed by atoms with Gasteiger partial charge in [-0.25, -0.2) is 13.8 Å². The van der Waals surface area contributed by atoms with Gasteiger partial charge in [0.1, 0.15) is 0 Å². The van der Waals surface area contributed by atoms with Crippen LogP contribution in [-0.2, 0) is 17.6 Å². The molecule has 3 aliphatic rings. The molecule has 4 heterocycles. The molecule has 1 aliphatic carbocycles. The molecule has 0 bridgehead atoms. The van der Waals surface area contributed by atoms with E-state index >= 15 is 0 Å². The second-order valence-corrected chi connectivity index (χ2v) is 9.50. The van der Waals surface area contributed by atoms with E-state index in [1.54, 1.807) is 24.4 Å². The van der Waals surface area contributed by atoms with Gasteiger partial charge in [-0.05, 0) is 87.0 Å². The van der Waals surface area contributed by atoms with Crippen LogP contribution in [0.5, 0.6) is 0 Å². The van der Waals surface area contributed by atoms with Gasteiger partial charge >= 0.3 is 0 Å². The van der Waals surface area contributed by atoms with Crippen molar-refractivity contribution < 1.29 is 13.6 Å². The molecule has 10 heteroatoms. The van der Waals surface area contributed by atoms with Crippen LogP contribution in [0.1, 0.15) is 54.8 Å². The van der Waals surface area contributed by atoms with Crippen LogP contribution in [0.4, 0.5) is 20.4 Å². The summed E-state index contributed by atoms with van der Waals surface area (Å²) in [7, 11) is 0. The minimum absolute atomic E-state index is 0.144. The van der Waals surface area contributed by atoms with Crippen molar-refractivity contribution in [2.45, 2.75) is 51.0 Å². The topological polar surface area (TPSA) is 88.0 Å². The fraction of sp³-hybridized carbons (Fsp3) is 0.385. The molecule has 186 valence electrons. The van der Waals surface area contributed by atoms with Crippen molar-refractivity contribution in [1.29, 1.82) is 0 Å². The number of aryl methyl sites for hydroxylation is 2. The zero-order valence-corrected chi connectivity index (χ0v) is 19.8. The summed E-state index contributed by atoms with van der Waals surface area (Å²) in [6.07, 6.45) is 5.64. The van der Waals surface area contributed by atoms with Crippen molar-refractivity contribution in [2.75, 3.05) is 18.4 Å². The molecule has 2 N–H and O–H groups in total. The summed E-state index contributed by atoms with van der Waals surface area (Å²) in [6, 6.07) is 11.8. The van der Waals surface area contributed by atoms with E-state index in [9.17, 15) is 13.6 Å². The number of anilines is 2. The van der Waals surface area contributed by atoms with Gasteiger partial charge in [-0.3, -0.25) is 4.79 Å². The van der Waals surface area contributed by atoms with E-state index in [4.69, 9.17) is 0 Å². The first-order valence-corrected chi connectivity index (χ1v) is 12.4. The predicted octanol–water partition coefficient (Wildman–Crippen LogP) is 4.16. The van der Waals surface area contributed by atoms with Crippen LogP contribution in [0.3, 0.4) is 0 Å². The number of aromatic nitrogens is 4. The van der Waals surface area contributed by atoms with E-state index in [1.807, 2.05) is 6.07 Å². The monoisotopic (exact) mass is 491 g/mol. The molecule has 1 atom stereocenters. The highest BCUT2D eigenvalue weighted by Crippen LogP contribution is 2.30. The second-order valence-electron chi connectivity index (χ2n) is 9.50. The van der Waals surface area contributed by atoms with Crippen molar-refractivity contribution >= 4 is 23.1 Å². The molecule has 0 spiro atoms. The summed E-state index contributed by atoms with van der Waals surface area (Å²) >= 11 is 0. The van der Waals surface area contributed by atoms with Gasteiger partial charge < -0.3 is 15.5 Å². The molecule has 1 aromatic carbocycles. The van der Waals surface area contributed by atoms with Crippen LogP contribution in [0.25, 0.3) is 11.4 Å². The highest BCUT2D eigenvalue weighted by molar-refractivity contribution is 6.24. The van der Waals surface area contributed by atoms with Gasteiger partial charge in [0.15, 0.2) is 5.82 Å². The molecule has 0 saturated carbocycles. The van der Waals surface area contributed by atoms with Crippen LogP contribution in [0, 0.1) is 0 Å². The van der Waals surface area contributed by atoms with Gasteiger partial charge in [0, 0.05) is 17.9 Å². The quantitative estimate of drug-likeness (QED) is 0.504. The van der Waals surface area contributed by atoms with Crippen LogP contribution in [-0.4, -0.2) is 49.7 Å². The maximum Gasteiger partial charge on any atom is 0.299 e. The molecule has 3 aromatic rings. The van der Waals surface area contributed by atoms with E-state index in [-0.39, 0.29) is 11.9 Å². The molecule has 1 amide bonds. The normalized spacial score (nSPS) is 19.9. The number of alkyl halides is 2. The maximum absolute atomic E-state index is 13.5. The number of amides is 1. The average Bonchev–Trinajstić information content (AvgIpc) is 3.50. The van der Waals surface area contributed by atoms with Gasteiger partial charge in [-0.15, -0.1) is 5.10 Å². The summed E-state index contributed by atoms with van der Waals surface area (Å²) in [6.45, 7) is 2.40. The zero-order valence-electron chi connectivity index (χ0n) is 19.8. The molecule has 36 heavy (non-hydrogen) atoms. The number of halogens is 2. The number of benzene rings is 1. The summed E-state index contributed by atoms with van der Waals surface area (Å²) < 4.78 is 28.3. The summed E-state index contributed by atoms with van der Waals surface area (Å²) in [5.74, 6) is -0.390. The highest BCUT2D eigenvalue weighted by Gasteiger charge is 2.26. The van der Waals surface area contributed by atoms with Crippen molar-refractivity contribution in [2.24, 2.45) is 0 Å². The lowest BCUT2D eigenvalue weighted by atomic mass is 10.0. The number of fused-ring (bicyclic) bond motifs is 1. The number of hydrogen-bond acceptors (Lipinski definition) is 6. The molecular weight excluding hydrogens is 464 g/mol. The Hall–Kier alpha value is -3.66. The number of likely N-dealkylation sites (tertiary alicyclic amines) is 1. The Bertz CT molecular complexity index is 1330. The van der Waals surface area contributed by atoms with Crippen LogP contribution >= 0.6 is 0 Å². The number of pyridine rings is 1. The Morgan fingerprint density at radius 2 is 1.83 bits per heavy atom. The van der Waals surface area contributed by atoms with Crippen molar-refractivity contribution in [1.82, 2.24) is 30.0 Å². The molecule has 2 aliphatic heterocycles. The Labute approximate surface area is 207 Å². The third-order valence-corrected chi connectivity index (χ3v) is 7.25. The molecule has 1 unspecified atom stereocenters. The van der Waals surface area contributed by atoms with Crippen molar-refractivity contribution in [3.8, 4) is 5.82 Å². The fourth-order valence-corrected chi connectivity index (χ4v) is 5.32. The lowest BCUT2D eigenvalue weighted by molar-refractivity contribution is -0.116. The smallest absolute Gasteiger partial charge is 0.299 e. The Morgan fingerprint density at radius 3 is 2.56 bits per heavy atom. The van der Waals surface area contributed by atoms with E-state index in [1.165, 1.54) is 48.2 Å². The van der Waals surface area contributed by atoms with Crippen LogP contribution < -0.4 is 10.6 Å². The van der Waals surface area contributed by atoms with E-state index in [0.717, 1.165) is 24.9 Å². The predicted molar refractivity (Wildman–Crippen MR) is 131 cm³/mol. The zero-order chi connectivity index (χ0) is 24.6.